The summed E-state index contributed by atoms with van der Waals surface area (Å²) >= 11 is 0. The van der Waals surface area contributed by atoms with Crippen molar-refractivity contribution in [2.75, 3.05) is 0 Å². The van der Waals surface area contributed by atoms with Crippen LogP contribution in [-0.4, -0.2) is 10.3 Å². The molecular weight excluding hydrogens is 161 g/mol. The fourth-order valence-electron chi connectivity index (χ4n) is 0.933. The third kappa shape index (κ3) is 1.54. The van der Waals surface area contributed by atoms with Gasteiger partial charge in [-0.05, 0) is 12.5 Å². The summed E-state index contributed by atoms with van der Waals surface area (Å²) < 4.78 is 13.0. The van der Waals surface area contributed by atoms with Gasteiger partial charge in [0.2, 0.25) is 0 Å². The highest BCUT2D eigenvalue weighted by Crippen LogP contribution is 2.23. The van der Waals surface area contributed by atoms with Crippen LogP contribution in [0.5, 0.6) is 5.75 Å². The first-order valence-corrected chi connectivity index (χ1v) is 3.50. The van der Waals surface area contributed by atoms with E-state index < -0.39 is 11.6 Å². The van der Waals surface area contributed by atoms with Crippen LogP contribution in [0.2, 0.25) is 0 Å². The molecule has 4 heteroatoms. The minimum Gasteiger partial charge on any atom is -0.505 e. The number of rotatable bonds is 2. The SMILES string of the molecule is Cc1ccc(CNO)c(O)c1F. The Balaban J connectivity index is 3.08. The average molecular weight is 171 g/mol. The van der Waals surface area contributed by atoms with E-state index in [1.165, 1.54) is 0 Å². The molecule has 0 aromatic heterocycles. The molecule has 0 atom stereocenters. The van der Waals surface area contributed by atoms with E-state index in [-0.39, 0.29) is 6.54 Å². The molecule has 1 aromatic rings. The van der Waals surface area contributed by atoms with Gasteiger partial charge in [0.15, 0.2) is 11.6 Å². The molecule has 0 spiro atoms. The summed E-state index contributed by atoms with van der Waals surface area (Å²) in [5.41, 5.74) is 2.56. The van der Waals surface area contributed by atoms with Crippen LogP contribution in [0.15, 0.2) is 12.1 Å². The zero-order valence-corrected chi connectivity index (χ0v) is 6.63. The number of hydrogen-bond donors (Lipinski definition) is 3. The molecule has 0 radical (unpaired) electrons. The number of hydroxylamine groups is 1. The monoisotopic (exact) mass is 171 g/mol. The van der Waals surface area contributed by atoms with Crippen LogP contribution in [0, 0.1) is 12.7 Å². The number of hydrogen-bond acceptors (Lipinski definition) is 3. The van der Waals surface area contributed by atoms with Crippen molar-refractivity contribution in [2.24, 2.45) is 0 Å². The Bertz CT molecular complexity index is 289. The highest BCUT2D eigenvalue weighted by atomic mass is 19.1. The highest BCUT2D eigenvalue weighted by molar-refractivity contribution is 5.37. The molecule has 3 N–H and O–H groups in total. The first-order chi connectivity index (χ1) is 5.66. The van der Waals surface area contributed by atoms with Gasteiger partial charge in [0.05, 0.1) is 0 Å². The van der Waals surface area contributed by atoms with E-state index in [1.54, 1.807) is 19.1 Å². The molecule has 66 valence electrons. The molecule has 0 aliphatic rings. The number of phenolic OH excluding ortho intramolecular Hbond substituents is 1. The van der Waals surface area contributed by atoms with E-state index in [0.29, 0.717) is 11.1 Å². The van der Waals surface area contributed by atoms with Gasteiger partial charge < -0.3 is 10.3 Å². The number of benzene rings is 1. The van der Waals surface area contributed by atoms with Gasteiger partial charge in [-0.1, -0.05) is 12.1 Å². The maximum Gasteiger partial charge on any atom is 0.168 e. The molecule has 0 fully saturated rings. The van der Waals surface area contributed by atoms with Crippen molar-refractivity contribution in [1.82, 2.24) is 5.48 Å². The molecule has 3 nitrogen and oxygen atoms in total. The third-order valence-corrected chi connectivity index (χ3v) is 1.66. The van der Waals surface area contributed by atoms with Crippen LogP contribution in [-0.2, 0) is 6.54 Å². The number of halogens is 1. The lowest BCUT2D eigenvalue weighted by molar-refractivity contribution is 0.160. The lowest BCUT2D eigenvalue weighted by Crippen LogP contribution is -2.06. The molecule has 12 heavy (non-hydrogen) atoms. The highest BCUT2D eigenvalue weighted by Gasteiger charge is 2.08. The van der Waals surface area contributed by atoms with Gasteiger partial charge in [0.1, 0.15) is 0 Å². The van der Waals surface area contributed by atoms with Gasteiger partial charge in [0.25, 0.3) is 0 Å². The molecule has 1 aromatic carbocycles. The molecule has 0 bridgehead atoms. The number of nitrogens with one attached hydrogen (secondary N) is 1. The fraction of sp³-hybridized carbons (Fsp3) is 0.250. The zero-order chi connectivity index (χ0) is 9.14. The van der Waals surface area contributed by atoms with E-state index in [4.69, 9.17) is 5.21 Å². The van der Waals surface area contributed by atoms with Crippen LogP contribution in [0.4, 0.5) is 4.39 Å². The van der Waals surface area contributed by atoms with E-state index in [1.807, 2.05) is 5.48 Å². The summed E-state index contributed by atoms with van der Waals surface area (Å²) in [7, 11) is 0. The Labute approximate surface area is 69.4 Å². The second kappa shape index (κ2) is 3.51. The summed E-state index contributed by atoms with van der Waals surface area (Å²) in [6.45, 7) is 1.59. The summed E-state index contributed by atoms with van der Waals surface area (Å²) in [5.74, 6) is -1.04. The summed E-state index contributed by atoms with van der Waals surface area (Å²) in [4.78, 5) is 0. The lowest BCUT2D eigenvalue weighted by Gasteiger charge is -2.05. The average Bonchev–Trinajstić information content (AvgIpc) is 2.07. The lowest BCUT2D eigenvalue weighted by atomic mass is 10.1. The zero-order valence-electron chi connectivity index (χ0n) is 6.63. The fourth-order valence-corrected chi connectivity index (χ4v) is 0.933. The Morgan fingerprint density at radius 2 is 2.17 bits per heavy atom. The van der Waals surface area contributed by atoms with Crippen LogP contribution < -0.4 is 5.48 Å². The van der Waals surface area contributed by atoms with E-state index in [9.17, 15) is 9.50 Å². The molecule has 0 aliphatic heterocycles. The molecule has 0 heterocycles. The molecule has 0 aliphatic carbocycles. The summed E-state index contributed by atoms with van der Waals surface area (Å²) in [6.07, 6.45) is 0. The smallest absolute Gasteiger partial charge is 0.168 e. The Morgan fingerprint density at radius 1 is 1.50 bits per heavy atom. The predicted molar refractivity (Wildman–Crippen MR) is 41.4 cm³/mol. The van der Waals surface area contributed by atoms with Gasteiger partial charge in [-0.25, -0.2) is 9.87 Å². The number of aryl methyl sites for hydroxylation is 1. The van der Waals surface area contributed by atoms with Crippen molar-refractivity contribution < 1.29 is 14.7 Å². The van der Waals surface area contributed by atoms with Crippen molar-refractivity contribution in [1.29, 1.82) is 0 Å². The van der Waals surface area contributed by atoms with Gasteiger partial charge in [-0.15, -0.1) is 0 Å². The minimum absolute atomic E-state index is 0.0308. The minimum atomic E-state index is -0.636. The second-order valence-corrected chi connectivity index (χ2v) is 2.54. The van der Waals surface area contributed by atoms with Crippen LogP contribution in [0.3, 0.4) is 0 Å². The van der Waals surface area contributed by atoms with Gasteiger partial charge in [-0.2, -0.15) is 0 Å². The van der Waals surface area contributed by atoms with Crippen molar-refractivity contribution in [3.8, 4) is 5.75 Å². The largest absolute Gasteiger partial charge is 0.505 e. The molecular formula is C8H10FNO2. The van der Waals surface area contributed by atoms with Gasteiger partial charge >= 0.3 is 0 Å². The van der Waals surface area contributed by atoms with Crippen molar-refractivity contribution in [2.45, 2.75) is 13.5 Å². The third-order valence-electron chi connectivity index (χ3n) is 1.66. The Kier molecular flexibility index (Phi) is 2.62. The summed E-state index contributed by atoms with van der Waals surface area (Å²) in [5, 5.41) is 17.5. The summed E-state index contributed by atoms with van der Waals surface area (Å²) in [6, 6.07) is 3.10. The van der Waals surface area contributed by atoms with Crippen molar-refractivity contribution in [3.05, 3.63) is 29.1 Å². The maximum absolute atomic E-state index is 13.0. The quantitative estimate of drug-likeness (QED) is 0.588. The normalized spacial score (nSPS) is 10.2. The first-order valence-electron chi connectivity index (χ1n) is 3.50. The van der Waals surface area contributed by atoms with Crippen LogP contribution in [0.1, 0.15) is 11.1 Å². The maximum atomic E-state index is 13.0. The van der Waals surface area contributed by atoms with Crippen LogP contribution in [0.25, 0.3) is 0 Å². The topological polar surface area (TPSA) is 52.5 Å². The molecule has 0 amide bonds. The molecule has 0 saturated heterocycles. The predicted octanol–water partition coefficient (Wildman–Crippen LogP) is 1.32. The Hall–Kier alpha value is -1.13. The Morgan fingerprint density at radius 3 is 2.75 bits per heavy atom. The van der Waals surface area contributed by atoms with E-state index in [2.05, 4.69) is 0 Å². The second-order valence-electron chi connectivity index (χ2n) is 2.54. The number of phenols is 1. The first kappa shape index (κ1) is 8.96. The standard InChI is InChI=1S/C8H10FNO2/c1-5-2-3-6(4-10-12)8(11)7(5)9/h2-3,10-12H,4H2,1H3. The van der Waals surface area contributed by atoms with Crippen molar-refractivity contribution in [3.63, 3.8) is 0 Å². The molecule has 1 rings (SSSR count). The molecule has 0 saturated carbocycles. The molecule has 0 unspecified atom stereocenters. The van der Waals surface area contributed by atoms with Crippen LogP contribution >= 0.6 is 0 Å². The van der Waals surface area contributed by atoms with E-state index in [0.717, 1.165) is 0 Å². The van der Waals surface area contributed by atoms with Gasteiger partial charge in [0, 0.05) is 12.1 Å². The van der Waals surface area contributed by atoms with Gasteiger partial charge in [-0.3, -0.25) is 0 Å². The van der Waals surface area contributed by atoms with Crippen molar-refractivity contribution >= 4 is 0 Å². The van der Waals surface area contributed by atoms with E-state index >= 15 is 0 Å². The number of aromatic hydroxyl groups is 1.